The summed E-state index contributed by atoms with van der Waals surface area (Å²) in [7, 11) is 0. The van der Waals surface area contributed by atoms with E-state index in [-0.39, 0.29) is 12.2 Å². The molecule has 0 spiro atoms. The lowest BCUT2D eigenvalue weighted by Gasteiger charge is -2.04. The zero-order valence-corrected chi connectivity index (χ0v) is 6.75. The van der Waals surface area contributed by atoms with Crippen LogP contribution >= 0.6 is 0 Å². The molecule has 0 bridgehead atoms. The van der Waals surface area contributed by atoms with E-state index in [2.05, 4.69) is 11.9 Å². The number of rotatable bonds is 4. The van der Waals surface area contributed by atoms with Crippen molar-refractivity contribution in [1.82, 2.24) is 0 Å². The number of ether oxygens (including phenoxy) is 1. The molecule has 1 atom stereocenters. The molecule has 0 saturated carbocycles. The Morgan fingerprint density at radius 1 is 1.64 bits per heavy atom. The van der Waals surface area contributed by atoms with Crippen LogP contribution in [0.15, 0.2) is 4.99 Å². The molecule has 1 aliphatic heterocycles. The molecule has 0 radical (unpaired) electrons. The van der Waals surface area contributed by atoms with Gasteiger partial charge in [0.25, 0.3) is 0 Å². The van der Waals surface area contributed by atoms with Crippen molar-refractivity contribution in [3.05, 3.63) is 0 Å². The van der Waals surface area contributed by atoms with Crippen LogP contribution in [0.3, 0.4) is 0 Å². The summed E-state index contributed by atoms with van der Waals surface area (Å²) in [6.07, 6.45) is 5.40. The first-order chi connectivity index (χ1) is 5.33. The Hall–Kier alpha value is -0.860. The number of carbonyl (C=O) groups is 1. The van der Waals surface area contributed by atoms with Gasteiger partial charge in [0.2, 0.25) is 0 Å². The van der Waals surface area contributed by atoms with E-state index < -0.39 is 0 Å². The second-order valence-corrected chi connectivity index (χ2v) is 2.67. The van der Waals surface area contributed by atoms with Gasteiger partial charge in [-0.2, -0.15) is 0 Å². The number of carbonyl (C=O) groups excluding carboxylic acids is 1. The second kappa shape index (κ2) is 4.11. The number of unbranched alkanes of at least 4 members (excludes halogenated alkanes) is 2. The predicted molar refractivity (Wildman–Crippen MR) is 42.5 cm³/mol. The minimum absolute atomic E-state index is 0.186. The standard InChI is InChI=1S/C8H13NO2/c1-2-3-4-5-7-9-6-8(10)11-7/h6-7H,2-5H2,1H3. The summed E-state index contributed by atoms with van der Waals surface area (Å²) < 4.78 is 4.85. The van der Waals surface area contributed by atoms with Crippen LogP contribution in [0.2, 0.25) is 0 Å². The maximum Gasteiger partial charge on any atom is 0.351 e. The fourth-order valence-electron chi connectivity index (χ4n) is 1.04. The molecule has 1 unspecified atom stereocenters. The van der Waals surface area contributed by atoms with Gasteiger partial charge in [0.1, 0.15) is 6.21 Å². The fraction of sp³-hybridized carbons (Fsp3) is 0.750. The van der Waals surface area contributed by atoms with Crippen LogP contribution in [0.1, 0.15) is 32.6 Å². The lowest BCUT2D eigenvalue weighted by molar-refractivity contribution is -0.137. The number of aliphatic imine (C=N–C) groups is 1. The van der Waals surface area contributed by atoms with Crippen molar-refractivity contribution in [2.45, 2.75) is 38.8 Å². The van der Waals surface area contributed by atoms with Crippen LogP contribution < -0.4 is 0 Å². The van der Waals surface area contributed by atoms with Gasteiger partial charge in [-0.25, -0.2) is 9.79 Å². The Labute approximate surface area is 66.5 Å². The Morgan fingerprint density at radius 2 is 2.45 bits per heavy atom. The summed E-state index contributed by atoms with van der Waals surface area (Å²) >= 11 is 0. The number of cyclic esters (lactones) is 1. The molecule has 0 saturated heterocycles. The Morgan fingerprint density at radius 3 is 3.00 bits per heavy atom. The zero-order chi connectivity index (χ0) is 8.10. The van der Waals surface area contributed by atoms with Crippen molar-refractivity contribution in [3.63, 3.8) is 0 Å². The molecule has 0 aromatic carbocycles. The van der Waals surface area contributed by atoms with Crippen molar-refractivity contribution in [1.29, 1.82) is 0 Å². The fourth-order valence-corrected chi connectivity index (χ4v) is 1.04. The average Bonchev–Trinajstić information content (AvgIpc) is 2.37. The summed E-state index contributed by atoms with van der Waals surface area (Å²) in [6.45, 7) is 2.14. The number of hydrogen-bond donors (Lipinski definition) is 0. The molecule has 1 aliphatic rings. The molecule has 3 nitrogen and oxygen atoms in total. The van der Waals surface area contributed by atoms with Crippen molar-refractivity contribution in [2.24, 2.45) is 4.99 Å². The van der Waals surface area contributed by atoms with Gasteiger partial charge in [-0.1, -0.05) is 19.8 Å². The molecule has 0 aromatic heterocycles. The van der Waals surface area contributed by atoms with Crippen molar-refractivity contribution < 1.29 is 9.53 Å². The Balaban J connectivity index is 2.09. The van der Waals surface area contributed by atoms with Crippen LogP contribution in [-0.2, 0) is 9.53 Å². The highest BCUT2D eigenvalue weighted by atomic mass is 16.6. The molecule has 0 fully saturated rings. The van der Waals surface area contributed by atoms with Gasteiger partial charge in [-0.05, 0) is 6.42 Å². The first-order valence-corrected chi connectivity index (χ1v) is 4.06. The lowest BCUT2D eigenvalue weighted by Crippen LogP contribution is -2.07. The molecular weight excluding hydrogens is 142 g/mol. The van der Waals surface area contributed by atoms with E-state index in [1.807, 2.05) is 0 Å². The zero-order valence-electron chi connectivity index (χ0n) is 6.75. The molecule has 0 aromatic rings. The van der Waals surface area contributed by atoms with Gasteiger partial charge in [0.05, 0.1) is 0 Å². The topological polar surface area (TPSA) is 38.7 Å². The van der Waals surface area contributed by atoms with Crippen LogP contribution in [-0.4, -0.2) is 18.4 Å². The van der Waals surface area contributed by atoms with Gasteiger partial charge < -0.3 is 4.74 Å². The summed E-state index contributed by atoms with van der Waals surface area (Å²) in [4.78, 5) is 14.4. The predicted octanol–water partition coefficient (Wildman–Crippen LogP) is 1.52. The highest BCUT2D eigenvalue weighted by Gasteiger charge is 2.16. The van der Waals surface area contributed by atoms with Crippen LogP contribution in [0.5, 0.6) is 0 Å². The SMILES string of the molecule is CCCCCC1N=CC(=O)O1. The molecule has 3 heteroatoms. The maximum atomic E-state index is 10.5. The molecule has 0 aliphatic carbocycles. The molecule has 0 N–H and O–H groups in total. The normalized spacial score (nSPS) is 22.3. The Kier molecular flexibility index (Phi) is 3.08. The van der Waals surface area contributed by atoms with E-state index in [0.717, 1.165) is 12.8 Å². The van der Waals surface area contributed by atoms with Gasteiger partial charge in [0, 0.05) is 6.42 Å². The molecule has 11 heavy (non-hydrogen) atoms. The minimum Gasteiger partial charge on any atom is -0.436 e. The smallest absolute Gasteiger partial charge is 0.351 e. The number of hydrogen-bond acceptors (Lipinski definition) is 3. The maximum absolute atomic E-state index is 10.5. The van der Waals surface area contributed by atoms with Crippen molar-refractivity contribution in [2.75, 3.05) is 0 Å². The third kappa shape index (κ3) is 2.70. The largest absolute Gasteiger partial charge is 0.436 e. The number of esters is 1. The monoisotopic (exact) mass is 155 g/mol. The lowest BCUT2D eigenvalue weighted by atomic mass is 10.2. The summed E-state index contributed by atoms with van der Waals surface area (Å²) in [5, 5.41) is 0. The van der Waals surface area contributed by atoms with Gasteiger partial charge >= 0.3 is 5.97 Å². The Bertz CT molecular complexity index is 165. The van der Waals surface area contributed by atoms with E-state index >= 15 is 0 Å². The third-order valence-corrected chi connectivity index (χ3v) is 1.65. The van der Waals surface area contributed by atoms with Crippen LogP contribution in [0.4, 0.5) is 0 Å². The third-order valence-electron chi connectivity index (χ3n) is 1.65. The van der Waals surface area contributed by atoms with Gasteiger partial charge in [0.15, 0.2) is 6.23 Å². The van der Waals surface area contributed by atoms with E-state index in [1.54, 1.807) is 0 Å². The van der Waals surface area contributed by atoms with Crippen LogP contribution in [0.25, 0.3) is 0 Å². The highest BCUT2D eigenvalue weighted by Crippen LogP contribution is 2.10. The van der Waals surface area contributed by atoms with E-state index in [1.165, 1.54) is 19.1 Å². The summed E-state index contributed by atoms with van der Waals surface area (Å²) in [6, 6.07) is 0. The average molecular weight is 155 g/mol. The summed E-state index contributed by atoms with van der Waals surface area (Å²) in [5.41, 5.74) is 0. The van der Waals surface area contributed by atoms with Gasteiger partial charge in [-0.15, -0.1) is 0 Å². The quantitative estimate of drug-likeness (QED) is 0.456. The molecule has 1 heterocycles. The van der Waals surface area contributed by atoms with Crippen LogP contribution in [0, 0.1) is 0 Å². The van der Waals surface area contributed by atoms with E-state index in [0.29, 0.717) is 0 Å². The molecule has 62 valence electrons. The second-order valence-electron chi connectivity index (χ2n) is 2.67. The molecule has 0 amide bonds. The van der Waals surface area contributed by atoms with E-state index in [4.69, 9.17) is 4.74 Å². The number of nitrogens with zero attached hydrogens (tertiary/aromatic N) is 1. The van der Waals surface area contributed by atoms with Crippen molar-refractivity contribution >= 4 is 12.2 Å². The first kappa shape index (κ1) is 8.24. The highest BCUT2D eigenvalue weighted by molar-refractivity contribution is 6.24. The van der Waals surface area contributed by atoms with E-state index in [9.17, 15) is 4.79 Å². The summed E-state index contributed by atoms with van der Waals surface area (Å²) in [5.74, 6) is -0.300. The van der Waals surface area contributed by atoms with Crippen molar-refractivity contribution in [3.8, 4) is 0 Å². The molecule has 1 rings (SSSR count). The first-order valence-electron chi connectivity index (χ1n) is 4.06. The molecular formula is C8H13NO2. The van der Waals surface area contributed by atoms with Gasteiger partial charge in [-0.3, -0.25) is 0 Å². The minimum atomic E-state index is -0.300.